The molecule has 2 aliphatic rings. The van der Waals surface area contributed by atoms with Gasteiger partial charge in [0.25, 0.3) is 0 Å². The molecule has 1 saturated carbocycles. The van der Waals surface area contributed by atoms with Gasteiger partial charge in [0.2, 0.25) is 0 Å². The van der Waals surface area contributed by atoms with Gasteiger partial charge in [-0.3, -0.25) is 0 Å². The van der Waals surface area contributed by atoms with Crippen LogP contribution in [0.5, 0.6) is 0 Å². The maximum Gasteiger partial charge on any atom is 0.0600 e. The molecule has 0 spiro atoms. The summed E-state index contributed by atoms with van der Waals surface area (Å²) in [6.07, 6.45) is 8.47. The number of nitrogens with one attached hydrogen (secondary N) is 1. The second-order valence-electron chi connectivity index (χ2n) is 6.23. The van der Waals surface area contributed by atoms with Gasteiger partial charge in [-0.05, 0) is 51.7 Å². The Morgan fingerprint density at radius 1 is 1.17 bits per heavy atom. The molecule has 2 rings (SSSR count). The Labute approximate surface area is 112 Å². The molecule has 2 fully saturated rings. The summed E-state index contributed by atoms with van der Waals surface area (Å²) in [5.74, 6) is 0.913. The molecule has 0 amide bonds. The zero-order valence-electron chi connectivity index (χ0n) is 12.2. The van der Waals surface area contributed by atoms with E-state index in [2.05, 4.69) is 24.2 Å². The minimum Gasteiger partial charge on any atom is -0.377 e. The summed E-state index contributed by atoms with van der Waals surface area (Å²) in [6.45, 7) is 6.65. The topological polar surface area (TPSA) is 24.5 Å². The maximum atomic E-state index is 5.99. The highest BCUT2D eigenvalue weighted by atomic mass is 16.5. The van der Waals surface area contributed by atoms with Gasteiger partial charge in [-0.15, -0.1) is 0 Å². The number of hydrogen-bond donors (Lipinski definition) is 1. The Hall–Kier alpha value is -0.120. The first kappa shape index (κ1) is 14.3. The lowest BCUT2D eigenvalue weighted by molar-refractivity contribution is 0.0144. The SMILES string of the molecule is CC1CCCC(N(C)CCOC2CCNCC2)C1. The van der Waals surface area contributed by atoms with Crippen LogP contribution in [0.1, 0.15) is 45.4 Å². The van der Waals surface area contributed by atoms with Gasteiger partial charge in [0.15, 0.2) is 0 Å². The van der Waals surface area contributed by atoms with Crippen LogP contribution in [0.3, 0.4) is 0 Å². The van der Waals surface area contributed by atoms with Crippen LogP contribution >= 0.6 is 0 Å². The van der Waals surface area contributed by atoms with Crippen LogP contribution < -0.4 is 5.32 Å². The Morgan fingerprint density at radius 3 is 2.67 bits per heavy atom. The summed E-state index contributed by atoms with van der Waals surface area (Å²) in [5, 5.41) is 3.38. The lowest BCUT2D eigenvalue weighted by Crippen LogP contribution is -2.39. The van der Waals surface area contributed by atoms with Crippen LogP contribution in [0, 0.1) is 5.92 Å². The van der Waals surface area contributed by atoms with Gasteiger partial charge in [-0.25, -0.2) is 0 Å². The van der Waals surface area contributed by atoms with E-state index in [1.54, 1.807) is 0 Å². The average Bonchev–Trinajstić information content (AvgIpc) is 2.40. The third kappa shape index (κ3) is 4.52. The molecule has 106 valence electrons. The number of likely N-dealkylation sites (N-methyl/N-ethyl adjacent to an activating group) is 1. The molecule has 0 bridgehead atoms. The van der Waals surface area contributed by atoms with Crippen LogP contribution in [0.25, 0.3) is 0 Å². The smallest absolute Gasteiger partial charge is 0.0600 e. The highest BCUT2D eigenvalue weighted by Crippen LogP contribution is 2.26. The largest absolute Gasteiger partial charge is 0.377 e. The van der Waals surface area contributed by atoms with E-state index in [0.29, 0.717) is 6.10 Å². The molecule has 1 N–H and O–H groups in total. The lowest BCUT2D eigenvalue weighted by Gasteiger charge is -2.34. The van der Waals surface area contributed by atoms with Gasteiger partial charge in [-0.1, -0.05) is 19.8 Å². The fourth-order valence-corrected chi connectivity index (χ4v) is 3.31. The zero-order valence-corrected chi connectivity index (χ0v) is 12.2. The third-order valence-electron chi connectivity index (χ3n) is 4.62. The Kier molecular flexibility index (Phi) is 5.93. The van der Waals surface area contributed by atoms with E-state index in [9.17, 15) is 0 Å². The van der Waals surface area contributed by atoms with Crippen molar-refractivity contribution >= 4 is 0 Å². The summed E-state index contributed by atoms with van der Waals surface area (Å²) in [5.41, 5.74) is 0. The molecular weight excluding hydrogens is 224 g/mol. The van der Waals surface area contributed by atoms with Crippen molar-refractivity contribution in [2.24, 2.45) is 5.92 Å². The second kappa shape index (κ2) is 7.46. The summed E-state index contributed by atoms with van der Waals surface area (Å²) >= 11 is 0. The minimum absolute atomic E-state index is 0.505. The summed E-state index contributed by atoms with van der Waals surface area (Å²) in [4.78, 5) is 2.52. The van der Waals surface area contributed by atoms with Crippen molar-refractivity contribution in [3.8, 4) is 0 Å². The molecule has 3 heteroatoms. The summed E-state index contributed by atoms with van der Waals surface area (Å²) in [6, 6.07) is 0.797. The average molecular weight is 254 g/mol. The quantitative estimate of drug-likeness (QED) is 0.814. The second-order valence-corrected chi connectivity index (χ2v) is 6.23. The maximum absolute atomic E-state index is 5.99. The van der Waals surface area contributed by atoms with E-state index < -0.39 is 0 Å². The molecule has 1 saturated heterocycles. The number of piperidine rings is 1. The van der Waals surface area contributed by atoms with Crippen LogP contribution in [0.2, 0.25) is 0 Å². The van der Waals surface area contributed by atoms with E-state index in [0.717, 1.165) is 38.2 Å². The predicted octanol–water partition coefficient (Wildman–Crippen LogP) is 2.27. The van der Waals surface area contributed by atoms with E-state index in [4.69, 9.17) is 4.74 Å². The van der Waals surface area contributed by atoms with Gasteiger partial charge in [0, 0.05) is 12.6 Å². The molecule has 2 atom stereocenters. The van der Waals surface area contributed by atoms with Gasteiger partial charge in [0.1, 0.15) is 0 Å². The zero-order chi connectivity index (χ0) is 12.8. The predicted molar refractivity (Wildman–Crippen MR) is 75.9 cm³/mol. The number of nitrogens with zero attached hydrogens (tertiary/aromatic N) is 1. The molecule has 18 heavy (non-hydrogen) atoms. The molecule has 1 aliphatic carbocycles. The highest BCUT2D eigenvalue weighted by Gasteiger charge is 2.22. The van der Waals surface area contributed by atoms with Crippen molar-refractivity contribution in [1.82, 2.24) is 10.2 Å². The van der Waals surface area contributed by atoms with E-state index in [1.807, 2.05) is 0 Å². The lowest BCUT2D eigenvalue weighted by atomic mass is 9.86. The van der Waals surface area contributed by atoms with Gasteiger partial charge in [0.05, 0.1) is 12.7 Å². The highest BCUT2D eigenvalue weighted by molar-refractivity contribution is 4.77. The fourth-order valence-electron chi connectivity index (χ4n) is 3.31. The number of ether oxygens (including phenoxy) is 1. The molecule has 0 aromatic carbocycles. The van der Waals surface area contributed by atoms with E-state index in [1.165, 1.54) is 38.5 Å². The third-order valence-corrected chi connectivity index (χ3v) is 4.62. The minimum atomic E-state index is 0.505. The van der Waals surface area contributed by atoms with Crippen molar-refractivity contribution in [3.05, 3.63) is 0 Å². The normalized spacial score (nSPS) is 30.8. The van der Waals surface area contributed by atoms with Crippen LogP contribution in [-0.4, -0.2) is 50.3 Å². The van der Waals surface area contributed by atoms with Crippen molar-refractivity contribution in [1.29, 1.82) is 0 Å². The van der Waals surface area contributed by atoms with Crippen LogP contribution in [0.15, 0.2) is 0 Å². The molecule has 1 aliphatic heterocycles. The van der Waals surface area contributed by atoms with Gasteiger partial charge >= 0.3 is 0 Å². The Morgan fingerprint density at radius 2 is 1.94 bits per heavy atom. The van der Waals surface area contributed by atoms with Crippen LogP contribution in [0.4, 0.5) is 0 Å². The summed E-state index contributed by atoms with van der Waals surface area (Å²) in [7, 11) is 2.27. The van der Waals surface area contributed by atoms with Gasteiger partial charge < -0.3 is 15.0 Å². The van der Waals surface area contributed by atoms with Crippen molar-refractivity contribution in [2.75, 3.05) is 33.3 Å². The van der Waals surface area contributed by atoms with Crippen LogP contribution in [-0.2, 0) is 4.74 Å². The molecule has 0 radical (unpaired) electrons. The molecular formula is C15H30N2O. The van der Waals surface area contributed by atoms with Gasteiger partial charge in [-0.2, -0.15) is 0 Å². The molecule has 2 unspecified atom stereocenters. The standard InChI is InChI=1S/C15H30N2O/c1-13-4-3-5-14(12-13)17(2)10-11-18-15-6-8-16-9-7-15/h13-16H,3-12H2,1-2H3. The van der Waals surface area contributed by atoms with E-state index in [-0.39, 0.29) is 0 Å². The number of rotatable bonds is 5. The molecule has 1 heterocycles. The monoisotopic (exact) mass is 254 g/mol. The van der Waals surface area contributed by atoms with Crippen molar-refractivity contribution in [2.45, 2.75) is 57.6 Å². The molecule has 0 aromatic heterocycles. The first-order valence-electron chi connectivity index (χ1n) is 7.78. The Bertz CT molecular complexity index is 229. The molecule has 3 nitrogen and oxygen atoms in total. The van der Waals surface area contributed by atoms with Crippen molar-refractivity contribution in [3.63, 3.8) is 0 Å². The summed E-state index contributed by atoms with van der Waals surface area (Å²) < 4.78 is 5.99. The Balaban J connectivity index is 1.60. The first-order valence-corrected chi connectivity index (χ1v) is 7.78. The van der Waals surface area contributed by atoms with E-state index >= 15 is 0 Å². The molecule has 0 aromatic rings. The van der Waals surface area contributed by atoms with Crippen molar-refractivity contribution < 1.29 is 4.74 Å². The first-order chi connectivity index (χ1) is 8.75. The number of hydrogen-bond acceptors (Lipinski definition) is 3. The fraction of sp³-hybridized carbons (Fsp3) is 1.00.